The molecule has 1 aromatic rings. The molecule has 0 aromatic heterocycles. The van der Waals surface area contributed by atoms with Gasteiger partial charge in [-0.3, -0.25) is 0 Å². The van der Waals surface area contributed by atoms with Crippen LogP contribution in [0.1, 0.15) is 96.1 Å². The van der Waals surface area contributed by atoms with Crippen molar-refractivity contribution in [3.8, 4) is 0 Å². The summed E-state index contributed by atoms with van der Waals surface area (Å²) in [5, 5.41) is 11.0. The molecule has 0 heterocycles. The summed E-state index contributed by atoms with van der Waals surface area (Å²) in [4.78, 5) is 0. The molecule has 1 atom stereocenters. The van der Waals surface area contributed by atoms with Gasteiger partial charge in [0, 0.05) is 19.1 Å². The summed E-state index contributed by atoms with van der Waals surface area (Å²) in [5.41, 5.74) is 0.277. The number of halogens is 3. The van der Waals surface area contributed by atoms with Crippen molar-refractivity contribution in [2.24, 2.45) is 5.92 Å². The van der Waals surface area contributed by atoms with Gasteiger partial charge in [-0.25, -0.2) is 0 Å². The third kappa shape index (κ3) is 10.8. The highest BCUT2D eigenvalue weighted by Crippen LogP contribution is 2.32. The number of unbranched alkanes of at least 4 members (excludes halogenated alkanes) is 6. The lowest BCUT2D eigenvalue weighted by atomic mass is 9.91. The van der Waals surface area contributed by atoms with Crippen LogP contribution in [0, 0.1) is 5.92 Å². The van der Waals surface area contributed by atoms with Crippen molar-refractivity contribution < 1.29 is 27.8 Å². The molecule has 1 N–H and O–H groups in total. The highest BCUT2D eigenvalue weighted by atomic mass is 19.4. The second-order valence-electron chi connectivity index (χ2n) is 8.19. The molecule has 0 radical (unpaired) electrons. The van der Waals surface area contributed by atoms with Crippen LogP contribution in [-0.2, 0) is 22.1 Å². The third-order valence-electron chi connectivity index (χ3n) is 5.67. The average Bonchev–Trinajstić information content (AvgIpc) is 2.72. The SMILES string of the molecule is CCCCCCCCC(CCCCc1ccc(C(F)(F)F)cc1)C(O)(OCC)OCC. The molecule has 0 saturated heterocycles. The topological polar surface area (TPSA) is 38.7 Å². The number of ether oxygens (including phenoxy) is 2. The predicted octanol–water partition coefficient (Wildman–Crippen LogP) is 7.50. The van der Waals surface area contributed by atoms with Gasteiger partial charge in [0.2, 0.25) is 0 Å². The van der Waals surface area contributed by atoms with Crippen LogP contribution < -0.4 is 0 Å². The van der Waals surface area contributed by atoms with Crippen LogP contribution in [0.5, 0.6) is 0 Å². The normalized spacial score (nSPS) is 13.5. The Hall–Kier alpha value is -1.11. The van der Waals surface area contributed by atoms with Gasteiger partial charge < -0.3 is 14.6 Å². The van der Waals surface area contributed by atoms with Gasteiger partial charge in [-0.05, 0) is 57.2 Å². The molecule has 0 bridgehead atoms. The first-order valence-corrected chi connectivity index (χ1v) is 11.9. The summed E-state index contributed by atoms with van der Waals surface area (Å²) < 4.78 is 49.3. The molecule has 180 valence electrons. The number of alkyl halides is 3. The Morgan fingerprint density at radius 3 is 1.81 bits per heavy atom. The Morgan fingerprint density at radius 1 is 0.774 bits per heavy atom. The van der Waals surface area contributed by atoms with Crippen molar-refractivity contribution in [3.05, 3.63) is 35.4 Å². The Labute approximate surface area is 186 Å². The lowest BCUT2D eigenvalue weighted by molar-refractivity contribution is -0.385. The molecule has 0 amide bonds. The molecule has 31 heavy (non-hydrogen) atoms. The van der Waals surface area contributed by atoms with Crippen molar-refractivity contribution in [2.75, 3.05) is 13.2 Å². The molecule has 0 aliphatic heterocycles. The summed E-state index contributed by atoms with van der Waals surface area (Å²) in [7, 11) is 0. The van der Waals surface area contributed by atoms with E-state index in [-0.39, 0.29) is 5.92 Å². The second kappa shape index (κ2) is 14.9. The molecule has 6 heteroatoms. The fourth-order valence-corrected chi connectivity index (χ4v) is 3.95. The van der Waals surface area contributed by atoms with Gasteiger partial charge in [-0.15, -0.1) is 0 Å². The molecule has 1 aromatic carbocycles. The zero-order chi connectivity index (χ0) is 23.2. The van der Waals surface area contributed by atoms with E-state index in [1.807, 2.05) is 13.8 Å². The Bertz CT molecular complexity index is 566. The quantitative estimate of drug-likeness (QED) is 0.199. The van der Waals surface area contributed by atoms with E-state index >= 15 is 0 Å². The molecule has 1 rings (SSSR count). The van der Waals surface area contributed by atoms with E-state index in [0.29, 0.717) is 19.6 Å². The standard InChI is InChI=1S/C25H41F3O3/c1-4-7-8-9-10-11-15-23(25(29,30-5-2)31-6-3)16-13-12-14-21-17-19-22(20-18-21)24(26,27)28/h17-20,23,29H,4-16H2,1-3H3. The van der Waals surface area contributed by atoms with E-state index in [1.165, 1.54) is 25.7 Å². The maximum absolute atomic E-state index is 12.7. The molecular weight excluding hydrogens is 405 g/mol. The minimum Gasteiger partial charge on any atom is -0.343 e. The number of hydrogen-bond acceptors (Lipinski definition) is 3. The highest BCUT2D eigenvalue weighted by molar-refractivity contribution is 5.24. The molecule has 0 fully saturated rings. The minimum atomic E-state index is -4.30. The summed E-state index contributed by atoms with van der Waals surface area (Å²) in [6.07, 6.45) is 6.78. The van der Waals surface area contributed by atoms with Gasteiger partial charge in [-0.2, -0.15) is 13.2 Å². The monoisotopic (exact) mass is 446 g/mol. The maximum atomic E-state index is 12.7. The van der Waals surface area contributed by atoms with E-state index < -0.39 is 17.7 Å². The fraction of sp³-hybridized carbons (Fsp3) is 0.760. The van der Waals surface area contributed by atoms with Crippen molar-refractivity contribution in [1.29, 1.82) is 0 Å². The summed E-state index contributed by atoms with van der Waals surface area (Å²) in [5.74, 6) is -1.69. The molecule has 1 unspecified atom stereocenters. The van der Waals surface area contributed by atoms with E-state index in [0.717, 1.165) is 56.2 Å². The van der Waals surface area contributed by atoms with Crippen LogP contribution in [0.4, 0.5) is 13.2 Å². The highest BCUT2D eigenvalue weighted by Gasteiger charge is 2.38. The molecular formula is C25H41F3O3. The zero-order valence-corrected chi connectivity index (χ0v) is 19.5. The Balaban J connectivity index is 2.57. The van der Waals surface area contributed by atoms with E-state index in [2.05, 4.69) is 6.92 Å². The Kier molecular flexibility index (Phi) is 13.4. The molecule has 3 nitrogen and oxygen atoms in total. The first kappa shape index (κ1) is 27.9. The third-order valence-corrected chi connectivity index (χ3v) is 5.67. The molecule has 0 spiro atoms. The predicted molar refractivity (Wildman–Crippen MR) is 119 cm³/mol. The number of aliphatic hydroxyl groups is 1. The van der Waals surface area contributed by atoms with Crippen LogP contribution >= 0.6 is 0 Å². The van der Waals surface area contributed by atoms with E-state index in [4.69, 9.17) is 9.47 Å². The van der Waals surface area contributed by atoms with Crippen molar-refractivity contribution in [3.63, 3.8) is 0 Å². The van der Waals surface area contributed by atoms with Gasteiger partial charge in [-0.1, -0.05) is 64.0 Å². The number of benzene rings is 1. The Morgan fingerprint density at radius 2 is 1.29 bits per heavy atom. The summed E-state index contributed by atoms with van der Waals surface area (Å²) in [6.45, 7) is 6.63. The molecule has 0 aliphatic carbocycles. The largest absolute Gasteiger partial charge is 0.416 e. The summed E-state index contributed by atoms with van der Waals surface area (Å²) >= 11 is 0. The van der Waals surface area contributed by atoms with E-state index in [9.17, 15) is 18.3 Å². The van der Waals surface area contributed by atoms with Crippen LogP contribution in [0.2, 0.25) is 0 Å². The van der Waals surface area contributed by atoms with Crippen molar-refractivity contribution in [1.82, 2.24) is 0 Å². The lowest BCUT2D eigenvalue weighted by Gasteiger charge is -2.35. The van der Waals surface area contributed by atoms with Crippen LogP contribution in [-0.4, -0.2) is 24.3 Å². The molecule has 0 aliphatic rings. The zero-order valence-electron chi connectivity index (χ0n) is 19.5. The number of aryl methyl sites for hydroxylation is 1. The second-order valence-corrected chi connectivity index (χ2v) is 8.19. The molecule has 0 saturated carbocycles. The van der Waals surface area contributed by atoms with Crippen LogP contribution in [0.3, 0.4) is 0 Å². The first-order valence-electron chi connectivity index (χ1n) is 11.9. The fourth-order valence-electron chi connectivity index (χ4n) is 3.95. The minimum absolute atomic E-state index is 0.119. The van der Waals surface area contributed by atoms with Crippen molar-refractivity contribution >= 4 is 0 Å². The van der Waals surface area contributed by atoms with Gasteiger partial charge in [0.15, 0.2) is 0 Å². The van der Waals surface area contributed by atoms with Gasteiger partial charge in [0.05, 0.1) is 5.56 Å². The first-order chi connectivity index (χ1) is 14.8. The van der Waals surface area contributed by atoms with Gasteiger partial charge >= 0.3 is 6.18 Å². The van der Waals surface area contributed by atoms with Crippen molar-refractivity contribution in [2.45, 2.75) is 104 Å². The van der Waals surface area contributed by atoms with Gasteiger partial charge in [0.1, 0.15) is 0 Å². The van der Waals surface area contributed by atoms with E-state index in [1.54, 1.807) is 12.1 Å². The van der Waals surface area contributed by atoms with Crippen LogP contribution in [0.25, 0.3) is 0 Å². The number of rotatable bonds is 17. The maximum Gasteiger partial charge on any atom is 0.416 e. The van der Waals surface area contributed by atoms with Gasteiger partial charge in [0.25, 0.3) is 5.97 Å². The number of hydrogen-bond donors (Lipinski definition) is 1. The smallest absolute Gasteiger partial charge is 0.343 e. The lowest BCUT2D eigenvalue weighted by Crippen LogP contribution is -2.44. The average molecular weight is 447 g/mol. The van der Waals surface area contributed by atoms with Crippen LogP contribution in [0.15, 0.2) is 24.3 Å². The summed E-state index contributed by atoms with van der Waals surface area (Å²) in [6, 6.07) is 5.37.